The number of fused-ring (bicyclic) bond motifs is 2. The van der Waals surface area contributed by atoms with E-state index in [1.807, 2.05) is 0 Å². The SMILES string of the molecule is [N-]=[N+]=C1CC2[C@@H]3C(C1=O)[C@H]23. The topological polar surface area (TPSA) is 53.5 Å². The van der Waals surface area contributed by atoms with Crippen molar-refractivity contribution in [3.05, 3.63) is 5.53 Å². The second-order valence-corrected chi connectivity index (χ2v) is 3.46. The molecule has 0 heterocycles. The largest absolute Gasteiger partial charge is 0.361 e. The minimum Gasteiger partial charge on any atom is -0.361 e. The predicted molar refractivity (Wildman–Crippen MR) is 32.2 cm³/mol. The Morgan fingerprint density at radius 3 is 2.70 bits per heavy atom. The van der Waals surface area contributed by atoms with Crippen molar-refractivity contribution in [2.45, 2.75) is 6.42 Å². The molecular formula is C7H6N2O. The summed E-state index contributed by atoms with van der Waals surface area (Å²) >= 11 is 0. The van der Waals surface area contributed by atoms with Crippen LogP contribution in [0.2, 0.25) is 0 Å². The number of Topliss-reactive ketones (excluding diaryl/α,β-unsaturated/α-hetero) is 1. The molecule has 4 atom stereocenters. The highest BCUT2D eigenvalue weighted by Gasteiger charge is 2.80. The summed E-state index contributed by atoms with van der Waals surface area (Å²) in [6.45, 7) is 0. The van der Waals surface area contributed by atoms with E-state index in [2.05, 4.69) is 4.79 Å². The van der Waals surface area contributed by atoms with Crippen molar-refractivity contribution < 1.29 is 9.58 Å². The van der Waals surface area contributed by atoms with Gasteiger partial charge in [-0.2, -0.15) is 4.79 Å². The average molecular weight is 134 g/mol. The van der Waals surface area contributed by atoms with Crippen molar-refractivity contribution >= 4 is 11.5 Å². The lowest BCUT2D eigenvalue weighted by Gasteiger charge is -2.12. The van der Waals surface area contributed by atoms with Crippen LogP contribution >= 0.6 is 0 Å². The number of hydrogen-bond donors (Lipinski definition) is 0. The van der Waals surface area contributed by atoms with Crippen molar-refractivity contribution in [1.29, 1.82) is 0 Å². The summed E-state index contributed by atoms with van der Waals surface area (Å²) in [4.78, 5) is 14.1. The molecule has 0 N–H and O–H groups in total. The maximum Gasteiger partial charge on any atom is 0.335 e. The van der Waals surface area contributed by atoms with E-state index in [0.717, 1.165) is 6.42 Å². The van der Waals surface area contributed by atoms with Crippen LogP contribution < -0.4 is 0 Å². The van der Waals surface area contributed by atoms with E-state index in [0.29, 0.717) is 23.5 Å². The smallest absolute Gasteiger partial charge is 0.335 e. The molecule has 4 rings (SSSR count). The molecule has 0 aromatic heterocycles. The van der Waals surface area contributed by atoms with E-state index in [-0.39, 0.29) is 11.7 Å². The number of rotatable bonds is 0. The van der Waals surface area contributed by atoms with Gasteiger partial charge in [0.25, 0.3) is 0 Å². The average Bonchev–Trinajstić information content (AvgIpc) is 2.74. The van der Waals surface area contributed by atoms with Gasteiger partial charge in [-0.1, -0.05) is 0 Å². The van der Waals surface area contributed by atoms with Gasteiger partial charge in [-0.15, -0.1) is 0 Å². The van der Waals surface area contributed by atoms with Gasteiger partial charge >= 0.3 is 5.71 Å². The number of hydrogen-bond acceptors (Lipinski definition) is 1. The van der Waals surface area contributed by atoms with Gasteiger partial charge in [-0.05, 0) is 17.8 Å². The summed E-state index contributed by atoms with van der Waals surface area (Å²) in [6.07, 6.45) is 0.737. The van der Waals surface area contributed by atoms with Crippen molar-refractivity contribution in [2.24, 2.45) is 23.7 Å². The van der Waals surface area contributed by atoms with E-state index < -0.39 is 0 Å². The molecule has 4 saturated carbocycles. The first kappa shape index (κ1) is 4.80. The van der Waals surface area contributed by atoms with E-state index in [1.165, 1.54) is 0 Å². The summed E-state index contributed by atoms with van der Waals surface area (Å²) in [5.41, 5.74) is 8.79. The number of carbonyl (C=O) groups is 1. The molecule has 0 amide bonds. The summed E-state index contributed by atoms with van der Waals surface area (Å²) < 4.78 is 0. The second kappa shape index (κ2) is 1.10. The number of ketones is 1. The molecule has 4 fully saturated rings. The Kier molecular flexibility index (Phi) is 0.530. The molecule has 0 aromatic rings. The fourth-order valence-corrected chi connectivity index (χ4v) is 2.40. The first-order valence-electron chi connectivity index (χ1n) is 3.59. The van der Waals surface area contributed by atoms with Gasteiger partial charge in [-0.3, -0.25) is 4.79 Å². The Hall–Kier alpha value is -0.950. The molecule has 10 heavy (non-hydrogen) atoms. The van der Waals surface area contributed by atoms with Crippen LogP contribution in [0, 0.1) is 23.7 Å². The minimum atomic E-state index is 0.111. The quantitative estimate of drug-likeness (QED) is 0.343. The third kappa shape index (κ3) is 0.306. The predicted octanol–water partition coefficient (Wildman–Crippen LogP) is 0.122. The number of nitrogens with zero attached hydrogens (tertiary/aromatic N) is 2. The summed E-state index contributed by atoms with van der Waals surface area (Å²) in [7, 11) is 0. The van der Waals surface area contributed by atoms with Crippen LogP contribution in [0.1, 0.15) is 6.42 Å². The molecule has 4 aliphatic carbocycles. The molecular weight excluding hydrogens is 128 g/mol. The van der Waals surface area contributed by atoms with E-state index >= 15 is 0 Å². The van der Waals surface area contributed by atoms with Crippen molar-refractivity contribution in [2.75, 3.05) is 0 Å². The molecule has 50 valence electrons. The lowest BCUT2D eigenvalue weighted by molar-refractivity contribution is -0.121. The van der Waals surface area contributed by atoms with Crippen molar-refractivity contribution in [3.8, 4) is 0 Å². The summed E-state index contributed by atoms with van der Waals surface area (Å²) in [5, 5.41) is 0. The standard InChI is InChI=1S/C7H6N2O/c8-9-3-1-2-4-5(2)6(4)7(3)10/h2,4-6H,1H2/t2?,4-,5+,6?. The fraction of sp³-hybridized carbons (Fsp3) is 0.714. The molecule has 4 aliphatic rings. The van der Waals surface area contributed by atoms with Gasteiger partial charge in [0.2, 0.25) is 5.78 Å². The third-order valence-electron chi connectivity index (χ3n) is 3.12. The van der Waals surface area contributed by atoms with E-state index in [4.69, 9.17) is 5.53 Å². The van der Waals surface area contributed by atoms with E-state index in [1.54, 1.807) is 0 Å². The fourth-order valence-electron chi connectivity index (χ4n) is 2.40. The highest BCUT2D eigenvalue weighted by Crippen LogP contribution is 2.76. The lowest BCUT2D eigenvalue weighted by atomic mass is 9.86. The molecule has 0 saturated heterocycles. The minimum absolute atomic E-state index is 0.111. The highest BCUT2D eigenvalue weighted by molar-refractivity contribution is 6.41. The van der Waals surface area contributed by atoms with Crippen LogP contribution in [-0.2, 0) is 4.79 Å². The van der Waals surface area contributed by atoms with Gasteiger partial charge < -0.3 is 5.53 Å². The molecule has 0 aliphatic heterocycles. The van der Waals surface area contributed by atoms with Gasteiger partial charge in [0, 0.05) is 5.92 Å². The Labute approximate surface area is 57.7 Å². The Bertz CT molecular complexity index is 280. The van der Waals surface area contributed by atoms with Crippen LogP contribution in [0.4, 0.5) is 0 Å². The molecule has 0 radical (unpaired) electrons. The monoisotopic (exact) mass is 134 g/mol. The molecule has 0 aromatic carbocycles. The first-order chi connectivity index (χ1) is 4.84. The normalized spacial score (nSPS) is 53.6. The van der Waals surface area contributed by atoms with Gasteiger partial charge in [-0.25, -0.2) is 0 Å². The maximum absolute atomic E-state index is 11.1. The zero-order chi connectivity index (χ0) is 6.88. The molecule has 3 nitrogen and oxygen atoms in total. The van der Waals surface area contributed by atoms with Crippen LogP contribution in [0.5, 0.6) is 0 Å². The zero-order valence-electron chi connectivity index (χ0n) is 5.32. The van der Waals surface area contributed by atoms with Gasteiger partial charge in [0.1, 0.15) is 0 Å². The van der Waals surface area contributed by atoms with Crippen LogP contribution in [-0.4, -0.2) is 16.3 Å². The Morgan fingerprint density at radius 2 is 2.20 bits per heavy atom. The van der Waals surface area contributed by atoms with Crippen molar-refractivity contribution in [1.82, 2.24) is 0 Å². The van der Waals surface area contributed by atoms with Crippen LogP contribution in [0.25, 0.3) is 5.53 Å². The highest BCUT2D eigenvalue weighted by atomic mass is 16.1. The molecule has 2 bridgehead atoms. The second-order valence-electron chi connectivity index (χ2n) is 3.46. The number of carbonyl (C=O) groups excluding carboxylic acids is 1. The van der Waals surface area contributed by atoms with Crippen molar-refractivity contribution in [3.63, 3.8) is 0 Å². The maximum atomic E-state index is 11.1. The zero-order valence-corrected chi connectivity index (χ0v) is 5.32. The van der Waals surface area contributed by atoms with Crippen LogP contribution in [0.3, 0.4) is 0 Å². The van der Waals surface area contributed by atoms with Gasteiger partial charge in [0.05, 0.1) is 6.42 Å². The third-order valence-corrected chi connectivity index (χ3v) is 3.12. The lowest BCUT2D eigenvalue weighted by Crippen LogP contribution is -2.30. The van der Waals surface area contributed by atoms with Crippen LogP contribution in [0.15, 0.2) is 0 Å². The molecule has 0 spiro atoms. The Balaban J connectivity index is 2.04. The van der Waals surface area contributed by atoms with E-state index in [9.17, 15) is 4.79 Å². The summed E-state index contributed by atoms with van der Waals surface area (Å²) in [6, 6.07) is 0. The Morgan fingerprint density at radius 1 is 1.50 bits per heavy atom. The molecule has 2 unspecified atom stereocenters. The van der Waals surface area contributed by atoms with Gasteiger partial charge in [0.15, 0.2) is 0 Å². The molecule has 3 heteroatoms. The first-order valence-corrected chi connectivity index (χ1v) is 3.59. The summed E-state index contributed by atoms with van der Waals surface area (Å²) in [5.74, 6) is 2.52.